The average molecular weight is 455 g/mol. The highest BCUT2D eigenvalue weighted by Gasteiger charge is 2.43. The molecule has 6 heterocycles. The number of hydrogen-bond acceptors (Lipinski definition) is 8. The van der Waals surface area contributed by atoms with Gasteiger partial charge in [-0.2, -0.15) is 15.0 Å². The van der Waals surface area contributed by atoms with Crippen LogP contribution in [0.4, 0.5) is 20.7 Å². The number of ether oxygens (including phenoxy) is 2. The summed E-state index contributed by atoms with van der Waals surface area (Å²) < 4.78 is 41.0. The highest BCUT2D eigenvalue weighted by atomic mass is 19.3. The van der Waals surface area contributed by atoms with Crippen molar-refractivity contribution in [3.05, 3.63) is 30.1 Å². The van der Waals surface area contributed by atoms with Crippen LogP contribution >= 0.6 is 0 Å². The van der Waals surface area contributed by atoms with Gasteiger partial charge in [-0.25, -0.2) is 13.8 Å². The van der Waals surface area contributed by atoms with Gasteiger partial charge in [0.25, 0.3) is 6.43 Å². The maximum Gasteiger partial charge on any atom is 0.296 e. The fourth-order valence-corrected chi connectivity index (χ4v) is 5.69. The van der Waals surface area contributed by atoms with Gasteiger partial charge in [-0.15, -0.1) is 0 Å². The second-order valence-electron chi connectivity index (χ2n) is 9.16. The number of aromatic nitrogens is 5. The lowest BCUT2D eigenvalue weighted by Gasteiger charge is -2.35. The van der Waals surface area contributed by atoms with E-state index in [4.69, 9.17) is 24.4 Å². The SMILES string of the molecule is FC(F)c1nc2ccccc2n1-c1nc(N2CC3CC2CO3)nc(N2C3CCC2COC3)n1. The van der Waals surface area contributed by atoms with Crippen molar-refractivity contribution >= 4 is 22.9 Å². The van der Waals surface area contributed by atoms with Crippen LogP contribution in [0.5, 0.6) is 0 Å². The fraction of sp³-hybridized carbons (Fsp3) is 0.545. The Labute approximate surface area is 188 Å². The van der Waals surface area contributed by atoms with Gasteiger partial charge in [0, 0.05) is 6.54 Å². The molecule has 0 radical (unpaired) electrons. The molecule has 4 fully saturated rings. The molecule has 0 N–H and O–H groups in total. The zero-order chi connectivity index (χ0) is 22.1. The first-order valence-corrected chi connectivity index (χ1v) is 11.4. The monoisotopic (exact) mass is 455 g/mol. The minimum Gasteiger partial charge on any atom is -0.377 e. The quantitative estimate of drug-likeness (QED) is 0.594. The summed E-state index contributed by atoms with van der Waals surface area (Å²) in [6.07, 6.45) is 0.315. The number of hydrogen-bond donors (Lipinski definition) is 0. The lowest BCUT2D eigenvalue weighted by atomic mass is 10.2. The summed E-state index contributed by atoms with van der Waals surface area (Å²) in [5, 5.41) is 0. The summed E-state index contributed by atoms with van der Waals surface area (Å²) in [5.41, 5.74) is 1.03. The summed E-state index contributed by atoms with van der Waals surface area (Å²) in [5.74, 6) is 0.839. The molecule has 4 aliphatic heterocycles. The molecular formula is C22H23F2N7O2. The van der Waals surface area contributed by atoms with Gasteiger partial charge in [0.15, 0.2) is 5.82 Å². The van der Waals surface area contributed by atoms with E-state index in [1.807, 2.05) is 0 Å². The van der Waals surface area contributed by atoms with Crippen LogP contribution in [0.25, 0.3) is 17.0 Å². The average Bonchev–Trinajstić information content (AvgIpc) is 3.60. The molecule has 0 spiro atoms. The number of imidazole rings is 1. The number of rotatable bonds is 4. The zero-order valence-electron chi connectivity index (χ0n) is 17.8. The predicted octanol–water partition coefficient (Wildman–Crippen LogP) is 2.49. The maximum absolute atomic E-state index is 14.1. The molecule has 9 nitrogen and oxygen atoms in total. The third-order valence-corrected chi connectivity index (χ3v) is 7.21. The van der Waals surface area contributed by atoms with E-state index in [2.05, 4.69) is 14.8 Å². The molecular weight excluding hydrogens is 432 g/mol. The van der Waals surface area contributed by atoms with Gasteiger partial charge < -0.3 is 19.3 Å². The smallest absolute Gasteiger partial charge is 0.296 e. The van der Waals surface area contributed by atoms with Gasteiger partial charge in [0.05, 0.1) is 55.1 Å². The van der Waals surface area contributed by atoms with Crippen molar-refractivity contribution in [3.8, 4) is 5.95 Å². The van der Waals surface area contributed by atoms with Crippen LogP contribution in [0, 0.1) is 0 Å². The third kappa shape index (κ3) is 3.02. The minimum absolute atomic E-state index is 0.156. The van der Waals surface area contributed by atoms with Gasteiger partial charge in [-0.05, 0) is 31.4 Å². The standard InChI is InChI=1S/C22H23F2N7O2/c23-18(24)19-25-16-3-1-2-4-17(16)31(19)22-27-20(29-8-15-7-14(29)11-33-15)26-21(28-22)30-12-5-6-13(30)10-32-9-12/h1-4,12-15,18H,5-11H2. The van der Waals surface area contributed by atoms with Crippen molar-refractivity contribution in [2.75, 3.05) is 36.2 Å². The molecule has 7 rings (SSSR count). The molecule has 4 saturated heterocycles. The number of halogens is 2. The molecule has 4 unspecified atom stereocenters. The number of nitrogens with zero attached hydrogens (tertiary/aromatic N) is 7. The van der Waals surface area contributed by atoms with E-state index in [0.29, 0.717) is 49.3 Å². The van der Waals surface area contributed by atoms with Crippen molar-refractivity contribution < 1.29 is 18.3 Å². The largest absolute Gasteiger partial charge is 0.377 e. The molecule has 4 bridgehead atoms. The van der Waals surface area contributed by atoms with Crippen LogP contribution in [-0.2, 0) is 9.47 Å². The fourth-order valence-electron chi connectivity index (χ4n) is 5.69. The Morgan fingerprint density at radius 1 is 0.879 bits per heavy atom. The first kappa shape index (κ1) is 19.5. The Hall–Kier alpha value is -2.92. The van der Waals surface area contributed by atoms with Crippen molar-refractivity contribution in [2.24, 2.45) is 0 Å². The Bertz CT molecular complexity index is 1200. The van der Waals surface area contributed by atoms with E-state index in [0.717, 1.165) is 19.3 Å². The van der Waals surface area contributed by atoms with Crippen molar-refractivity contribution in [1.82, 2.24) is 24.5 Å². The van der Waals surface area contributed by atoms with E-state index >= 15 is 0 Å². The summed E-state index contributed by atoms with van der Waals surface area (Å²) in [6.45, 7) is 2.55. The number of para-hydroxylation sites is 2. The number of morpholine rings is 2. The molecule has 2 aromatic heterocycles. The zero-order valence-corrected chi connectivity index (χ0v) is 17.8. The van der Waals surface area contributed by atoms with E-state index in [1.165, 1.54) is 4.57 Å². The first-order valence-electron chi connectivity index (χ1n) is 11.4. The number of alkyl halides is 2. The van der Waals surface area contributed by atoms with Gasteiger partial charge >= 0.3 is 0 Å². The van der Waals surface area contributed by atoms with Crippen LogP contribution in [0.15, 0.2) is 24.3 Å². The topological polar surface area (TPSA) is 81.4 Å². The van der Waals surface area contributed by atoms with Crippen LogP contribution < -0.4 is 9.80 Å². The van der Waals surface area contributed by atoms with Crippen molar-refractivity contribution in [2.45, 2.75) is 49.9 Å². The van der Waals surface area contributed by atoms with E-state index in [9.17, 15) is 8.78 Å². The Balaban J connectivity index is 1.42. The second kappa shape index (κ2) is 7.29. The molecule has 4 aliphatic rings. The van der Waals surface area contributed by atoms with Crippen molar-refractivity contribution in [1.29, 1.82) is 0 Å². The molecule has 3 aromatic rings. The van der Waals surface area contributed by atoms with Crippen molar-refractivity contribution in [3.63, 3.8) is 0 Å². The molecule has 4 atom stereocenters. The van der Waals surface area contributed by atoms with E-state index in [1.54, 1.807) is 24.3 Å². The predicted molar refractivity (Wildman–Crippen MR) is 115 cm³/mol. The van der Waals surface area contributed by atoms with Gasteiger partial charge in [0.2, 0.25) is 17.8 Å². The van der Waals surface area contributed by atoms with Gasteiger partial charge in [0.1, 0.15) is 0 Å². The number of benzene rings is 1. The molecule has 33 heavy (non-hydrogen) atoms. The lowest BCUT2D eigenvalue weighted by Crippen LogP contribution is -2.47. The van der Waals surface area contributed by atoms with Crippen LogP contribution in [0.1, 0.15) is 31.5 Å². The van der Waals surface area contributed by atoms with Crippen LogP contribution in [0.2, 0.25) is 0 Å². The van der Waals surface area contributed by atoms with Gasteiger partial charge in [-0.1, -0.05) is 12.1 Å². The van der Waals surface area contributed by atoms with E-state index < -0.39 is 6.43 Å². The highest BCUT2D eigenvalue weighted by Crippen LogP contribution is 2.36. The van der Waals surface area contributed by atoms with Crippen LogP contribution in [-0.4, -0.2) is 75.1 Å². The lowest BCUT2D eigenvalue weighted by molar-refractivity contribution is 0.0896. The molecule has 0 amide bonds. The Kier molecular flexibility index (Phi) is 4.32. The van der Waals surface area contributed by atoms with E-state index in [-0.39, 0.29) is 36.0 Å². The second-order valence-corrected chi connectivity index (χ2v) is 9.16. The molecule has 0 aliphatic carbocycles. The summed E-state index contributed by atoms with van der Waals surface area (Å²) >= 11 is 0. The summed E-state index contributed by atoms with van der Waals surface area (Å²) in [4.78, 5) is 22.8. The maximum atomic E-state index is 14.1. The number of anilines is 2. The summed E-state index contributed by atoms with van der Waals surface area (Å²) in [6, 6.07) is 7.62. The number of fused-ring (bicyclic) bond motifs is 5. The Morgan fingerprint density at radius 3 is 2.36 bits per heavy atom. The van der Waals surface area contributed by atoms with Crippen LogP contribution in [0.3, 0.4) is 0 Å². The molecule has 1 aromatic carbocycles. The highest BCUT2D eigenvalue weighted by molar-refractivity contribution is 5.77. The molecule has 172 valence electrons. The first-order chi connectivity index (χ1) is 16.2. The Morgan fingerprint density at radius 2 is 1.64 bits per heavy atom. The summed E-state index contributed by atoms with van der Waals surface area (Å²) in [7, 11) is 0. The molecule has 0 saturated carbocycles. The normalized spacial score (nSPS) is 28.6. The van der Waals surface area contributed by atoms with Gasteiger partial charge in [-0.3, -0.25) is 4.57 Å². The molecule has 11 heteroatoms. The third-order valence-electron chi connectivity index (χ3n) is 7.21. The minimum atomic E-state index is -2.77.